The second-order valence-electron chi connectivity index (χ2n) is 4.90. The Morgan fingerprint density at radius 3 is 2.65 bits per heavy atom. The van der Waals surface area contributed by atoms with E-state index < -0.39 is 17.5 Å². The van der Waals surface area contributed by atoms with Crippen LogP contribution in [-0.4, -0.2) is 25.1 Å². The number of halogens is 4. The second kappa shape index (κ2) is 5.54. The number of hydrogen-bond acceptors (Lipinski definition) is 3. The summed E-state index contributed by atoms with van der Waals surface area (Å²) in [7, 11) is 0. The molecule has 0 saturated carbocycles. The summed E-state index contributed by atoms with van der Waals surface area (Å²) in [5.41, 5.74) is -0.765. The zero-order chi connectivity index (χ0) is 15.0. The van der Waals surface area contributed by atoms with Crippen molar-refractivity contribution in [1.29, 1.82) is 0 Å². The molecule has 7 heteroatoms. The lowest BCUT2D eigenvalue weighted by molar-refractivity contribution is -0.141. The molecule has 1 heterocycles. The van der Waals surface area contributed by atoms with E-state index in [1.54, 1.807) is 13.8 Å². The highest BCUT2D eigenvalue weighted by atomic mass is 79.9. The summed E-state index contributed by atoms with van der Waals surface area (Å²) < 4.78 is 54.4. The van der Waals surface area contributed by atoms with E-state index >= 15 is 0 Å². The van der Waals surface area contributed by atoms with Crippen LogP contribution in [0.4, 0.5) is 13.2 Å². The van der Waals surface area contributed by atoms with Crippen molar-refractivity contribution in [3.8, 4) is 5.75 Å². The maximum atomic E-state index is 12.7. The van der Waals surface area contributed by atoms with E-state index in [9.17, 15) is 13.2 Å². The van der Waals surface area contributed by atoms with Gasteiger partial charge >= 0.3 is 6.18 Å². The normalized spacial score (nSPS) is 22.0. The fraction of sp³-hybridized carbons (Fsp3) is 0.538. The summed E-state index contributed by atoms with van der Waals surface area (Å²) in [4.78, 5) is 0. The molecule has 0 bridgehead atoms. The number of hydrogen-bond donors (Lipinski definition) is 0. The summed E-state index contributed by atoms with van der Waals surface area (Å²) in [5.74, 6) is -0.529. The van der Waals surface area contributed by atoms with Gasteiger partial charge < -0.3 is 14.2 Å². The molecule has 1 aromatic rings. The van der Waals surface area contributed by atoms with E-state index in [2.05, 4.69) is 15.9 Å². The fourth-order valence-electron chi connectivity index (χ4n) is 1.85. The van der Waals surface area contributed by atoms with Gasteiger partial charge in [0.1, 0.15) is 18.5 Å². The maximum Gasteiger partial charge on any atom is 0.417 e. The molecule has 1 saturated heterocycles. The summed E-state index contributed by atoms with van der Waals surface area (Å²) in [6, 6.07) is 3.75. The molecular formula is C13H14BrF3O3. The van der Waals surface area contributed by atoms with Gasteiger partial charge in [-0.15, -0.1) is 0 Å². The number of benzene rings is 1. The third-order valence-corrected chi connectivity index (χ3v) is 3.44. The largest absolute Gasteiger partial charge is 0.491 e. The topological polar surface area (TPSA) is 27.7 Å². The molecule has 0 radical (unpaired) electrons. The lowest BCUT2D eigenvalue weighted by Gasteiger charge is -2.17. The van der Waals surface area contributed by atoms with Crippen molar-refractivity contribution >= 4 is 15.9 Å². The molecule has 20 heavy (non-hydrogen) atoms. The van der Waals surface area contributed by atoms with Gasteiger partial charge in [0.15, 0.2) is 5.79 Å². The van der Waals surface area contributed by atoms with Crippen LogP contribution in [0.2, 0.25) is 0 Å². The Morgan fingerprint density at radius 2 is 2.10 bits per heavy atom. The van der Waals surface area contributed by atoms with Gasteiger partial charge in [0.05, 0.1) is 12.2 Å². The third kappa shape index (κ3) is 3.86. The molecule has 1 fully saturated rings. The van der Waals surface area contributed by atoms with Crippen molar-refractivity contribution in [1.82, 2.24) is 0 Å². The zero-order valence-corrected chi connectivity index (χ0v) is 12.5. The van der Waals surface area contributed by atoms with Crippen LogP contribution in [0.3, 0.4) is 0 Å². The van der Waals surface area contributed by atoms with Crippen LogP contribution in [0.1, 0.15) is 19.4 Å². The molecule has 3 nitrogen and oxygen atoms in total. The number of rotatable bonds is 3. The predicted octanol–water partition coefficient (Wildman–Crippen LogP) is 4.00. The predicted molar refractivity (Wildman–Crippen MR) is 69.5 cm³/mol. The Labute approximate surface area is 123 Å². The van der Waals surface area contributed by atoms with Gasteiger partial charge in [-0.3, -0.25) is 0 Å². The molecule has 0 unspecified atom stereocenters. The van der Waals surface area contributed by atoms with Crippen molar-refractivity contribution in [2.45, 2.75) is 31.9 Å². The number of alkyl halides is 3. The summed E-state index contributed by atoms with van der Waals surface area (Å²) in [5, 5.41) is 0. The molecule has 0 N–H and O–H groups in total. The van der Waals surface area contributed by atoms with E-state index in [1.807, 2.05) is 0 Å². The highest BCUT2D eigenvalue weighted by molar-refractivity contribution is 9.10. The molecule has 2 rings (SSSR count). The molecule has 0 spiro atoms. The average molecular weight is 355 g/mol. The minimum atomic E-state index is -4.42. The SMILES string of the molecule is CC1(C)OC[C@H](COc2ccc(Br)c(C(F)(F)F)c2)O1. The molecule has 1 aliphatic rings. The Morgan fingerprint density at radius 1 is 1.40 bits per heavy atom. The van der Waals surface area contributed by atoms with Crippen LogP contribution in [0.15, 0.2) is 22.7 Å². The van der Waals surface area contributed by atoms with Gasteiger partial charge in [0.2, 0.25) is 0 Å². The van der Waals surface area contributed by atoms with Crippen molar-refractivity contribution in [3.63, 3.8) is 0 Å². The maximum absolute atomic E-state index is 12.7. The van der Waals surface area contributed by atoms with Gasteiger partial charge in [-0.1, -0.05) is 15.9 Å². The van der Waals surface area contributed by atoms with Crippen LogP contribution >= 0.6 is 15.9 Å². The summed E-state index contributed by atoms with van der Waals surface area (Å²) in [6.45, 7) is 4.04. The van der Waals surface area contributed by atoms with Gasteiger partial charge in [0.25, 0.3) is 0 Å². The van der Waals surface area contributed by atoms with Gasteiger partial charge in [-0.05, 0) is 32.0 Å². The highest BCUT2D eigenvalue weighted by Gasteiger charge is 2.34. The standard InChI is InChI=1S/C13H14BrF3O3/c1-12(2)19-7-9(20-12)6-18-8-3-4-11(14)10(5-8)13(15,16)17/h3-5,9H,6-7H2,1-2H3/t9-/m0/s1. The third-order valence-electron chi connectivity index (χ3n) is 2.75. The van der Waals surface area contributed by atoms with E-state index in [0.717, 1.165) is 6.07 Å². The van der Waals surface area contributed by atoms with E-state index in [0.29, 0.717) is 6.61 Å². The van der Waals surface area contributed by atoms with Crippen molar-refractivity contribution in [2.75, 3.05) is 13.2 Å². The summed E-state index contributed by atoms with van der Waals surface area (Å²) in [6.07, 6.45) is -4.71. The average Bonchev–Trinajstić information content (AvgIpc) is 2.66. The Bertz CT molecular complexity index is 488. The molecule has 1 aromatic carbocycles. The van der Waals surface area contributed by atoms with Crippen LogP contribution in [0, 0.1) is 0 Å². The molecule has 0 aromatic heterocycles. The minimum absolute atomic E-state index is 0.0149. The smallest absolute Gasteiger partial charge is 0.417 e. The van der Waals surface area contributed by atoms with E-state index in [1.165, 1.54) is 12.1 Å². The zero-order valence-electron chi connectivity index (χ0n) is 11.0. The van der Waals surface area contributed by atoms with Crippen LogP contribution in [0.25, 0.3) is 0 Å². The minimum Gasteiger partial charge on any atom is -0.491 e. The molecule has 0 amide bonds. The Kier molecular flexibility index (Phi) is 4.32. The summed E-state index contributed by atoms with van der Waals surface area (Å²) >= 11 is 2.88. The Balaban J connectivity index is 2.01. The number of ether oxygens (including phenoxy) is 3. The molecular weight excluding hydrogens is 341 g/mol. The molecule has 0 aliphatic carbocycles. The molecule has 1 atom stereocenters. The lowest BCUT2D eigenvalue weighted by atomic mass is 10.2. The van der Waals surface area contributed by atoms with Crippen LogP contribution < -0.4 is 4.74 Å². The Hall–Kier alpha value is -0.790. The quantitative estimate of drug-likeness (QED) is 0.821. The van der Waals surface area contributed by atoms with Gasteiger partial charge in [-0.25, -0.2) is 0 Å². The van der Waals surface area contributed by atoms with Gasteiger partial charge in [0, 0.05) is 4.47 Å². The van der Waals surface area contributed by atoms with Crippen molar-refractivity contribution < 1.29 is 27.4 Å². The van der Waals surface area contributed by atoms with Crippen LogP contribution in [0.5, 0.6) is 5.75 Å². The molecule has 112 valence electrons. The second-order valence-corrected chi connectivity index (χ2v) is 5.76. The first kappa shape index (κ1) is 15.6. The van der Waals surface area contributed by atoms with Crippen molar-refractivity contribution in [3.05, 3.63) is 28.2 Å². The van der Waals surface area contributed by atoms with E-state index in [-0.39, 0.29) is 22.9 Å². The highest BCUT2D eigenvalue weighted by Crippen LogP contribution is 2.37. The van der Waals surface area contributed by atoms with E-state index in [4.69, 9.17) is 14.2 Å². The molecule has 1 aliphatic heterocycles. The first-order valence-corrected chi connectivity index (χ1v) is 6.78. The lowest BCUT2D eigenvalue weighted by Crippen LogP contribution is -2.25. The fourth-order valence-corrected chi connectivity index (χ4v) is 2.32. The first-order valence-electron chi connectivity index (χ1n) is 5.99. The monoisotopic (exact) mass is 354 g/mol. The van der Waals surface area contributed by atoms with Crippen molar-refractivity contribution in [2.24, 2.45) is 0 Å². The van der Waals surface area contributed by atoms with Crippen LogP contribution in [-0.2, 0) is 15.7 Å². The van der Waals surface area contributed by atoms with Gasteiger partial charge in [-0.2, -0.15) is 13.2 Å². The first-order chi connectivity index (χ1) is 9.17.